The van der Waals surface area contributed by atoms with Crippen molar-refractivity contribution in [3.8, 4) is 0 Å². The van der Waals surface area contributed by atoms with E-state index >= 15 is 0 Å². The van der Waals surface area contributed by atoms with Gasteiger partial charge < -0.3 is 4.74 Å². The second kappa shape index (κ2) is 8.33. The molecular weight excluding hydrogens is 274 g/mol. The van der Waals surface area contributed by atoms with E-state index in [0.29, 0.717) is 5.92 Å². The molecule has 0 heterocycles. The number of esters is 1. The zero-order valence-electron chi connectivity index (χ0n) is 14.0. The Kier molecular flexibility index (Phi) is 6.44. The third-order valence-electron chi connectivity index (χ3n) is 4.76. The average molecular weight is 303 g/mol. The van der Waals surface area contributed by atoms with E-state index in [-0.39, 0.29) is 24.0 Å². The standard InChI is InChI=1S/C19H29NO2/c1-14(2)17(19(21)22-3)20-18(15-10-6-4-7-11-15)16-12-8-5-9-13-16/h4,6-7,10-11,14,16-18,20H,5,8-9,12-13H2,1-3H3/t17-,18-/m0/s1. The summed E-state index contributed by atoms with van der Waals surface area (Å²) in [5.74, 6) is 0.649. The molecule has 1 N–H and O–H groups in total. The fraction of sp³-hybridized carbons (Fsp3) is 0.632. The van der Waals surface area contributed by atoms with Crippen LogP contribution in [0.15, 0.2) is 30.3 Å². The van der Waals surface area contributed by atoms with Crippen LogP contribution in [0.4, 0.5) is 0 Å². The first-order chi connectivity index (χ1) is 10.6. The summed E-state index contributed by atoms with van der Waals surface area (Å²) >= 11 is 0. The Morgan fingerprint density at radius 1 is 1.14 bits per heavy atom. The number of carbonyl (C=O) groups excluding carboxylic acids is 1. The predicted octanol–water partition coefficient (Wildman–Crippen LogP) is 4.10. The molecule has 1 fully saturated rings. The van der Waals surface area contributed by atoms with Crippen molar-refractivity contribution in [2.24, 2.45) is 11.8 Å². The highest BCUT2D eigenvalue weighted by atomic mass is 16.5. The van der Waals surface area contributed by atoms with Crippen LogP contribution in [0.2, 0.25) is 0 Å². The zero-order chi connectivity index (χ0) is 15.9. The number of rotatable bonds is 6. The number of hydrogen-bond acceptors (Lipinski definition) is 3. The third kappa shape index (κ3) is 4.33. The number of carbonyl (C=O) groups is 1. The molecule has 122 valence electrons. The van der Waals surface area contributed by atoms with Crippen LogP contribution in [0.3, 0.4) is 0 Å². The summed E-state index contributed by atoms with van der Waals surface area (Å²) in [6.07, 6.45) is 6.39. The van der Waals surface area contributed by atoms with Gasteiger partial charge in [-0.05, 0) is 30.2 Å². The lowest BCUT2D eigenvalue weighted by atomic mass is 9.80. The number of benzene rings is 1. The van der Waals surface area contributed by atoms with E-state index in [2.05, 4.69) is 43.4 Å². The van der Waals surface area contributed by atoms with Crippen LogP contribution < -0.4 is 5.32 Å². The van der Waals surface area contributed by atoms with E-state index in [1.54, 1.807) is 0 Å². The molecule has 0 aromatic heterocycles. The minimum absolute atomic E-state index is 0.160. The van der Waals surface area contributed by atoms with E-state index in [1.807, 2.05) is 6.07 Å². The van der Waals surface area contributed by atoms with Gasteiger partial charge in [0, 0.05) is 6.04 Å². The van der Waals surface area contributed by atoms with Crippen LogP contribution >= 0.6 is 0 Å². The molecule has 0 aliphatic heterocycles. The SMILES string of the molecule is COC(=O)[C@@H](N[C@@H](c1ccccc1)C1CCCCC1)C(C)C. The lowest BCUT2D eigenvalue weighted by Gasteiger charge is -2.34. The van der Waals surface area contributed by atoms with Crippen molar-refractivity contribution in [1.82, 2.24) is 5.32 Å². The maximum absolute atomic E-state index is 12.1. The van der Waals surface area contributed by atoms with Gasteiger partial charge in [0.15, 0.2) is 0 Å². The van der Waals surface area contributed by atoms with Crippen LogP contribution in [0.1, 0.15) is 57.6 Å². The van der Waals surface area contributed by atoms with Crippen molar-refractivity contribution in [2.75, 3.05) is 7.11 Å². The summed E-state index contributed by atoms with van der Waals surface area (Å²) in [7, 11) is 1.47. The smallest absolute Gasteiger partial charge is 0.323 e. The van der Waals surface area contributed by atoms with Gasteiger partial charge >= 0.3 is 5.97 Å². The van der Waals surface area contributed by atoms with Gasteiger partial charge in [0.05, 0.1) is 7.11 Å². The Morgan fingerprint density at radius 3 is 2.32 bits per heavy atom. The fourth-order valence-corrected chi connectivity index (χ4v) is 3.49. The van der Waals surface area contributed by atoms with Gasteiger partial charge in [-0.15, -0.1) is 0 Å². The number of ether oxygens (including phenoxy) is 1. The molecule has 0 unspecified atom stereocenters. The largest absolute Gasteiger partial charge is 0.468 e. The Morgan fingerprint density at radius 2 is 1.77 bits per heavy atom. The Balaban J connectivity index is 2.21. The van der Waals surface area contributed by atoms with Crippen molar-refractivity contribution < 1.29 is 9.53 Å². The quantitative estimate of drug-likeness (QED) is 0.804. The summed E-state index contributed by atoms with van der Waals surface area (Å²) in [6, 6.07) is 10.5. The molecule has 1 aliphatic carbocycles. The summed E-state index contributed by atoms with van der Waals surface area (Å²) in [6.45, 7) is 4.13. The average Bonchev–Trinajstić information content (AvgIpc) is 2.56. The minimum Gasteiger partial charge on any atom is -0.468 e. The van der Waals surface area contributed by atoms with E-state index in [1.165, 1.54) is 44.8 Å². The summed E-state index contributed by atoms with van der Waals surface area (Å²) in [5, 5.41) is 3.62. The first-order valence-corrected chi connectivity index (χ1v) is 8.52. The van der Waals surface area contributed by atoms with Crippen molar-refractivity contribution in [2.45, 2.75) is 58.0 Å². The molecule has 0 saturated heterocycles. The van der Waals surface area contributed by atoms with Crippen molar-refractivity contribution in [1.29, 1.82) is 0 Å². The van der Waals surface area contributed by atoms with Crippen LogP contribution in [-0.2, 0) is 9.53 Å². The van der Waals surface area contributed by atoms with Crippen LogP contribution in [0.25, 0.3) is 0 Å². The first-order valence-electron chi connectivity index (χ1n) is 8.52. The first kappa shape index (κ1) is 17.0. The van der Waals surface area contributed by atoms with Gasteiger partial charge in [0.1, 0.15) is 6.04 Å². The Hall–Kier alpha value is -1.35. The van der Waals surface area contributed by atoms with Gasteiger partial charge in [-0.3, -0.25) is 10.1 Å². The Bertz CT molecular complexity index is 452. The maximum atomic E-state index is 12.1. The molecule has 3 nitrogen and oxygen atoms in total. The highest BCUT2D eigenvalue weighted by Gasteiger charge is 2.31. The van der Waals surface area contributed by atoms with Crippen molar-refractivity contribution in [3.63, 3.8) is 0 Å². The van der Waals surface area contributed by atoms with Crippen LogP contribution in [0.5, 0.6) is 0 Å². The number of nitrogens with one attached hydrogen (secondary N) is 1. The third-order valence-corrected chi connectivity index (χ3v) is 4.76. The molecular formula is C19H29NO2. The second-order valence-corrected chi connectivity index (χ2v) is 6.70. The zero-order valence-corrected chi connectivity index (χ0v) is 14.0. The maximum Gasteiger partial charge on any atom is 0.323 e. The summed E-state index contributed by atoms with van der Waals surface area (Å²) in [4.78, 5) is 12.1. The molecule has 2 atom stereocenters. The van der Waals surface area contributed by atoms with E-state index < -0.39 is 0 Å². The normalized spacial score (nSPS) is 18.9. The van der Waals surface area contributed by atoms with E-state index in [0.717, 1.165) is 0 Å². The molecule has 0 spiro atoms. The van der Waals surface area contributed by atoms with E-state index in [9.17, 15) is 4.79 Å². The Labute approximate surface area is 134 Å². The molecule has 2 rings (SSSR count). The molecule has 1 saturated carbocycles. The monoisotopic (exact) mass is 303 g/mol. The molecule has 0 amide bonds. The molecule has 1 aromatic carbocycles. The fourth-order valence-electron chi connectivity index (χ4n) is 3.49. The minimum atomic E-state index is -0.253. The van der Waals surface area contributed by atoms with Crippen LogP contribution in [-0.4, -0.2) is 19.1 Å². The lowest BCUT2D eigenvalue weighted by molar-refractivity contribution is -0.144. The van der Waals surface area contributed by atoms with Gasteiger partial charge in [-0.2, -0.15) is 0 Å². The summed E-state index contributed by atoms with van der Waals surface area (Å²) < 4.78 is 5.00. The highest BCUT2D eigenvalue weighted by molar-refractivity contribution is 5.76. The molecule has 3 heteroatoms. The summed E-state index contributed by atoms with van der Waals surface area (Å²) in [5.41, 5.74) is 1.28. The van der Waals surface area contributed by atoms with Crippen molar-refractivity contribution in [3.05, 3.63) is 35.9 Å². The topological polar surface area (TPSA) is 38.3 Å². The van der Waals surface area contributed by atoms with Crippen LogP contribution in [0, 0.1) is 11.8 Å². The lowest BCUT2D eigenvalue weighted by Crippen LogP contribution is -2.45. The van der Waals surface area contributed by atoms with Gasteiger partial charge in [0.2, 0.25) is 0 Å². The van der Waals surface area contributed by atoms with E-state index in [4.69, 9.17) is 4.74 Å². The second-order valence-electron chi connectivity index (χ2n) is 6.70. The molecule has 22 heavy (non-hydrogen) atoms. The molecule has 0 radical (unpaired) electrons. The predicted molar refractivity (Wildman–Crippen MR) is 89.5 cm³/mol. The van der Waals surface area contributed by atoms with Gasteiger partial charge in [-0.25, -0.2) is 0 Å². The highest BCUT2D eigenvalue weighted by Crippen LogP contribution is 2.35. The molecule has 0 bridgehead atoms. The van der Waals surface area contributed by atoms with Gasteiger partial charge in [0.25, 0.3) is 0 Å². The van der Waals surface area contributed by atoms with Gasteiger partial charge in [-0.1, -0.05) is 63.4 Å². The molecule has 1 aromatic rings. The molecule has 1 aliphatic rings. The van der Waals surface area contributed by atoms with Crippen molar-refractivity contribution >= 4 is 5.97 Å². The number of hydrogen-bond donors (Lipinski definition) is 1. The number of methoxy groups -OCH3 is 1.